The van der Waals surface area contributed by atoms with Crippen LogP contribution in [0.5, 0.6) is 5.75 Å². The number of hydrogen-bond donors (Lipinski definition) is 1. The van der Waals surface area contributed by atoms with Crippen LogP contribution in [0.3, 0.4) is 0 Å². The van der Waals surface area contributed by atoms with E-state index < -0.39 is 0 Å². The second kappa shape index (κ2) is 8.90. The highest BCUT2D eigenvalue weighted by molar-refractivity contribution is 7.99. The zero-order chi connectivity index (χ0) is 21.0. The maximum Gasteiger partial charge on any atom is 0.135 e. The van der Waals surface area contributed by atoms with E-state index in [2.05, 4.69) is 76.7 Å². The van der Waals surface area contributed by atoms with E-state index in [1.807, 2.05) is 36.9 Å². The van der Waals surface area contributed by atoms with Crippen molar-refractivity contribution in [2.45, 2.75) is 12.2 Å². The Hall–Kier alpha value is -3.18. The minimum Gasteiger partial charge on any atom is -0.494 e. The van der Waals surface area contributed by atoms with Gasteiger partial charge in [-0.1, -0.05) is 66.7 Å². The number of benzene rings is 3. The lowest BCUT2D eigenvalue weighted by Crippen LogP contribution is -2.08. The van der Waals surface area contributed by atoms with Crippen molar-refractivity contribution in [2.24, 2.45) is 0 Å². The number of nitrogens with one attached hydrogen (secondary N) is 1. The number of para-hydroxylation sites is 2. The maximum atomic E-state index is 6.02. The molecule has 31 heavy (non-hydrogen) atoms. The van der Waals surface area contributed by atoms with Gasteiger partial charge in [-0.15, -0.1) is 11.8 Å². The molecule has 1 atom stereocenters. The Morgan fingerprint density at radius 1 is 0.968 bits per heavy atom. The van der Waals surface area contributed by atoms with Crippen LogP contribution in [-0.2, 0) is 0 Å². The number of nitrogens with zero attached hydrogens (tertiary/aromatic N) is 2. The summed E-state index contributed by atoms with van der Waals surface area (Å²) in [6, 6.07) is 29.2. The number of fused-ring (bicyclic) bond motifs is 1. The molecule has 0 radical (unpaired) electrons. The van der Waals surface area contributed by atoms with Crippen molar-refractivity contribution in [3.05, 3.63) is 96.1 Å². The number of rotatable bonds is 5. The molecule has 5 rings (SSSR count). The summed E-state index contributed by atoms with van der Waals surface area (Å²) in [6.45, 7) is 3.57. The largest absolute Gasteiger partial charge is 0.494 e. The van der Waals surface area contributed by atoms with Gasteiger partial charge in [-0.05, 0) is 25.1 Å². The Morgan fingerprint density at radius 3 is 2.45 bits per heavy atom. The Balaban J connectivity index is 1.76. The molecule has 156 valence electrons. The molecule has 0 aliphatic carbocycles. The first-order chi connectivity index (χ1) is 15.4. The Kier molecular flexibility index (Phi) is 5.67. The first-order valence-electron chi connectivity index (χ1n) is 10.7. The zero-order valence-corrected chi connectivity index (χ0v) is 18.3. The average molecular weight is 428 g/mol. The van der Waals surface area contributed by atoms with Crippen molar-refractivity contribution in [1.29, 1.82) is 0 Å². The van der Waals surface area contributed by atoms with E-state index in [-0.39, 0.29) is 5.25 Å². The van der Waals surface area contributed by atoms with Crippen LogP contribution in [0, 0.1) is 0 Å². The molecule has 1 aliphatic rings. The summed E-state index contributed by atoms with van der Waals surface area (Å²) in [4.78, 5) is 0. The van der Waals surface area contributed by atoms with E-state index in [1.54, 1.807) is 0 Å². The van der Waals surface area contributed by atoms with Gasteiger partial charge in [-0.3, -0.25) is 0 Å². The minimum atomic E-state index is 0.125. The van der Waals surface area contributed by atoms with Crippen molar-refractivity contribution in [3.8, 4) is 22.7 Å². The third-order valence-corrected chi connectivity index (χ3v) is 6.68. The third kappa shape index (κ3) is 3.81. The van der Waals surface area contributed by atoms with E-state index >= 15 is 0 Å². The van der Waals surface area contributed by atoms with Gasteiger partial charge in [-0.2, -0.15) is 5.10 Å². The molecule has 4 nitrogen and oxygen atoms in total. The van der Waals surface area contributed by atoms with Crippen LogP contribution in [0.15, 0.2) is 84.9 Å². The van der Waals surface area contributed by atoms with E-state index in [0.717, 1.165) is 40.8 Å². The van der Waals surface area contributed by atoms with Gasteiger partial charge in [0.1, 0.15) is 11.6 Å². The number of anilines is 1. The van der Waals surface area contributed by atoms with Gasteiger partial charge in [0.05, 0.1) is 23.2 Å². The third-order valence-electron chi connectivity index (χ3n) is 5.41. The fourth-order valence-corrected chi connectivity index (χ4v) is 5.29. The van der Waals surface area contributed by atoms with Gasteiger partial charge in [-0.25, -0.2) is 4.68 Å². The lowest BCUT2D eigenvalue weighted by atomic mass is 9.99. The highest BCUT2D eigenvalue weighted by Gasteiger charge is 2.31. The average Bonchev–Trinajstić information content (AvgIpc) is 3.07. The molecule has 0 saturated heterocycles. The molecule has 3 aromatic carbocycles. The van der Waals surface area contributed by atoms with Crippen molar-refractivity contribution >= 4 is 17.6 Å². The molecule has 5 heteroatoms. The van der Waals surface area contributed by atoms with Crippen LogP contribution in [-0.4, -0.2) is 28.7 Å². The highest BCUT2D eigenvalue weighted by Crippen LogP contribution is 2.48. The Labute approximate surface area is 187 Å². The molecule has 0 amide bonds. The van der Waals surface area contributed by atoms with E-state index in [4.69, 9.17) is 9.84 Å². The highest BCUT2D eigenvalue weighted by atomic mass is 32.2. The molecule has 0 bridgehead atoms. The molecule has 0 saturated carbocycles. The second-order valence-electron chi connectivity index (χ2n) is 7.37. The second-order valence-corrected chi connectivity index (χ2v) is 8.59. The molecule has 4 aromatic rings. The topological polar surface area (TPSA) is 39.1 Å². The standard InChI is InChI=1S/C26H25N3OS/c1-2-30-22-16-10-9-15-21(22)25-23-24(19-11-5-3-6-12-19)28-29(20-13-7-4-8-14-20)26(23)27-17-18-31-25/h3-16,25,27H,2,17-18H2,1H3. The van der Waals surface area contributed by atoms with Gasteiger partial charge in [0.2, 0.25) is 0 Å². The van der Waals surface area contributed by atoms with Crippen LogP contribution in [0.4, 0.5) is 5.82 Å². The SMILES string of the molecule is CCOc1ccccc1C1SCCNc2c1c(-c1ccccc1)nn2-c1ccccc1. The molecular weight excluding hydrogens is 402 g/mol. The summed E-state index contributed by atoms with van der Waals surface area (Å²) >= 11 is 1.94. The molecular formula is C26H25N3OS. The maximum absolute atomic E-state index is 6.02. The normalized spacial score (nSPS) is 15.6. The fourth-order valence-electron chi connectivity index (χ4n) is 4.07. The summed E-state index contributed by atoms with van der Waals surface area (Å²) in [5.41, 5.74) is 5.60. The predicted molar refractivity (Wildman–Crippen MR) is 129 cm³/mol. The number of thioether (sulfide) groups is 1. The van der Waals surface area contributed by atoms with Crippen molar-refractivity contribution in [2.75, 3.05) is 24.2 Å². The lowest BCUT2D eigenvalue weighted by molar-refractivity contribution is 0.337. The summed E-state index contributed by atoms with van der Waals surface area (Å²) in [5, 5.41) is 8.92. The van der Waals surface area contributed by atoms with E-state index in [1.165, 1.54) is 11.1 Å². The summed E-state index contributed by atoms with van der Waals surface area (Å²) < 4.78 is 8.08. The van der Waals surface area contributed by atoms with Crippen LogP contribution < -0.4 is 10.1 Å². The Morgan fingerprint density at radius 2 is 1.68 bits per heavy atom. The first-order valence-corrected chi connectivity index (χ1v) is 11.7. The minimum absolute atomic E-state index is 0.125. The zero-order valence-electron chi connectivity index (χ0n) is 17.5. The van der Waals surface area contributed by atoms with Crippen LogP contribution in [0.2, 0.25) is 0 Å². The van der Waals surface area contributed by atoms with Crippen LogP contribution in [0.25, 0.3) is 16.9 Å². The molecule has 0 spiro atoms. The fraction of sp³-hybridized carbons (Fsp3) is 0.192. The number of ether oxygens (including phenoxy) is 1. The van der Waals surface area contributed by atoms with Crippen LogP contribution >= 0.6 is 11.8 Å². The van der Waals surface area contributed by atoms with Crippen molar-refractivity contribution in [3.63, 3.8) is 0 Å². The quantitative estimate of drug-likeness (QED) is 0.412. The van der Waals surface area contributed by atoms with Gasteiger partial charge in [0.15, 0.2) is 0 Å². The Bertz CT molecular complexity index is 1160. The lowest BCUT2D eigenvalue weighted by Gasteiger charge is -2.19. The summed E-state index contributed by atoms with van der Waals surface area (Å²) in [7, 11) is 0. The van der Waals surface area contributed by atoms with Gasteiger partial charge >= 0.3 is 0 Å². The number of hydrogen-bond acceptors (Lipinski definition) is 4. The molecule has 0 fully saturated rings. The molecule has 2 heterocycles. The summed E-state index contributed by atoms with van der Waals surface area (Å²) in [5.74, 6) is 3.01. The number of aromatic nitrogens is 2. The molecule has 1 aromatic heterocycles. The van der Waals surface area contributed by atoms with Crippen LogP contribution in [0.1, 0.15) is 23.3 Å². The summed E-state index contributed by atoms with van der Waals surface area (Å²) in [6.07, 6.45) is 0. The van der Waals surface area contributed by atoms with Crippen molar-refractivity contribution in [1.82, 2.24) is 9.78 Å². The monoisotopic (exact) mass is 427 g/mol. The van der Waals surface area contributed by atoms with E-state index in [9.17, 15) is 0 Å². The van der Waals surface area contributed by atoms with Gasteiger partial charge < -0.3 is 10.1 Å². The molecule has 1 aliphatic heterocycles. The van der Waals surface area contributed by atoms with Gasteiger partial charge in [0.25, 0.3) is 0 Å². The van der Waals surface area contributed by atoms with Gasteiger partial charge in [0, 0.05) is 29.0 Å². The van der Waals surface area contributed by atoms with Crippen molar-refractivity contribution < 1.29 is 4.74 Å². The molecule has 1 unspecified atom stereocenters. The van der Waals surface area contributed by atoms with E-state index in [0.29, 0.717) is 6.61 Å². The smallest absolute Gasteiger partial charge is 0.135 e. The molecule has 1 N–H and O–H groups in total. The predicted octanol–water partition coefficient (Wildman–Crippen LogP) is 6.19. The first kappa shape index (κ1) is 19.8.